The molecule has 0 aromatic heterocycles. The van der Waals surface area contributed by atoms with Crippen molar-refractivity contribution in [2.75, 3.05) is 26.2 Å². The highest BCUT2D eigenvalue weighted by Crippen LogP contribution is 2.00. The van der Waals surface area contributed by atoms with E-state index >= 15 is 0 Å². The molecule has 4 N–H and O–H groups in total. The van der Waals surface area contributed by atoms with Gasteiger partial charge in [-0.05, 0) is 94.8 Å². The molecule has 0 heterocycles. The maximum Gasteiger partial charge on any atom is 0.0443 e. The average Bonchev–Trinajstić information content (AvgIpc) is 2.25. The Balaban J connectivity index is 0. The Hall–Kier alpha value is -0.160. The van der Waals surface area contributed by atoms with Crippen LogP contribution in [0.5, 0.6) is 0 Å². The highest BCUT2D eigenvalue weighted by Gasteiger charge is 2.09. The Morgan fingerprint density at radius 3 is 1.05 bits per heavy atom. The van der Waals surface area contributed by atoms with Gasteiger partial charge < -0.3 is 21.1 Å². The Kier molecular flexibility index (Phi) is 12.5. The van der Waals surface area contributed by atoms with Crippen LogP contribution in [0, 0.1) is 0 Å². The zero-order valence-electron chi connectivity index (χ0n) is 16.7. The van der Waals surface area contributed by atoms with Crippen LogP contribution < -0.4 is 16.0 Å². The number of aliphatic hydroxyl groups is 1. The minimum atomic E-state index is 0.190. The lowest BCUT2D eigenvalue weighted by Gasteiger charge is -2.23. The van der Waals surface area contributed by atoms with E-state index in [2.05, 4.69) is 78.3 Å². The molecule has 0 aliphatic heterocycles. The maximum atomic E-state index is 8.42. The van der Waals surface area contributed by atoms with Gasteiger partial charge in [0.25, 0.3) is 0 Å². The highest BCUT2D eigenvalue weighted by atomic mass is 16.3. The molecule has 0 spiro atoms. The molecule has 4 heteroatoms. The van der Waals surface area contributed by atoms with E-state index in [1.54, 1.807) is 0 Å². The molecule has 0 saturated heterocycles. The fourth-order valence-electron chi connectivity index (χ4n) is 1.56. The van der Waals surface area contributed by atoms with Gasteiger partial charge in [-0.1, -0.05) is 0 Å². The normalized spacial score (nSPS) is 12.8. The first-order valence-corrected chi connectivity index (χ1v) is 8.63. The van der Waals surface area contributed by atoms with Crippen LogP contribution in [0.15, 0.2) is 0 Å². The van der Waals surface area contributed by atoms with Crippen molar-refractivity contribution in [1.29, 1.82) is 0 Å². The SMILES string of the molecule is CC(C)(C)NCCCNC(C)(C)C.CC(C)(C)NCCCO. The second kappa shape index (κ2) is 11.4. The molecule has 0 atom stereocenters. The fourth-order valence-corrected chi connectivity index (χ4v) is 1.56. The van der Waals surface area contributed by atoms with Crippen LogP contribution in [0.4, 0.5) is 0 Å². The second-order valence-corrected chi connectivity index (χ2v) is 8.96. The lowest BCUT2D eigenvalue weighted by molar-refractivity contribution is 0.278. The van der Waals surface area contributed by atoms with Gasteiger partial charge in [-0.15, -0.1) is 0 Å². The quantitative estimate of drug-likeness (QED) is 0.545. The first-order valence-electron chi connectivity index (χ1n) is 8.63. The summed E-state index contributed by atoms with van der Waals surface area (Å²) in [6.45, 7) is 22.9. The zero-order valence-corrected chi connectivity index (χ0v) is 16.7. The lowest BCUT2D eigenvalue weighted by atomic mass is 10.1. The molecule has 0 aromatic carbocycles. The molecule has 0 bridgehead atoms. The van der Waals surface area contributed by atoms with Gasteiger partial charge in [-0.3, -0.25) is 0 Å². The summed E-state index contributed by atoms with van der Waals surface area (Å²) < 4.78 is 0. The zero-order chi connectivity index (χ0) is 17.9. The van der Waals surface area contributed by atoms with Gasteiger partial charge in [0, 0.05) is 23.2 Å². The Morgan fingerprint density at radius 2 is 0.818 bits per heavy atom. The van der Waals surface area contributed by atoms with Gasteiger partial charge in [0.2, 0.25) is 0 Å². The Labute approximate surface area is 139 Å². The van der Waals surface area contributed by atoms with E-state index in [1.807, 2.05) is 0 Å². The van der Waals surface area contributed by atoms with Gasteiger partial charge in [0.1, 0.15) is 0 Å². The van der Waals surface area contributed by atoms with Crippen molar-refractivity contribution < 1.29 is 5.11 Å². The van der Waals surface area contributed by atoms with Crippen LogP contribution in [0.1, 0.15) is 75.2 Å². The van der Waals surface area contributed by atoms with E-state index in [1.165, 1.54) is 6.42 Å². The average molecular weight is 318 g/mol. The maximum absolute atomic E-state index is 8.42. The summed E-state index contributed by atoms with van der Waals surface area (Å²) in [4.78, 5) is 0. The first kappa shape index (κ1) is 24.1. The molecule has 0 saturated carbocycles. The Morgan fingerprint density at radius 1 is 0.545 bits per heavy atom. The van der Waals surface area contributed by atoms with Crippen molar-refractivity contribution in [2.24, 2.45) is 0 Å². The third-order valence-corrected chi connectivity index (χ3v) is 2.65. The fraction of sp³-hybridized carbons (Fsp3) is 1.00. The summed E-state index contributed by atoms with van der Waals surface area (Å²) in [7, 11) is 0. The van der Waals surface area contributed by atoms with E-state index in [0.29, 0.717) is 0 Å². The molecular formula is C18H43N3O. The molecule has 0 unspecified atom stereocenters. The van der Waals surface area contributed by atoms with Crippen LogP contribution >= 0.6 is 0 Å². The van der Waals surface area contributed by atoms with Crippen molar-refractivity contribution >= 4 is 0 Å². The smallest absolute Gasteiger partial charge is 0.0443 e. The van der Waals surface area contributed by atoms with Gasteiger partial charge in [0.15, 0.2) is 0 Å². The van der Waals surface area contributed by atoms with E-state index in [9.17, 15) is 0 Å². The van der Waals surface area contributed by atoms with Crippen molar-refractivity contribution in [2.45, 2.75) is 91.8 Å². The summed E-state index contributed by atoms with van der Waals surface area (Å²) in [5, 5.41) is 18.6. The molecule has 136 valence electrons. The van der Waals surface area contributed by atoms with Crippen LogP contribution in [-0.4, -0.2) is 48.0 Å². The number of hydrogen-bond acceptors (Lipinski definition) is 4. The third kappa shape index (κ3) is 28.1. The monoisotopic (exact) mass is 317 g/mol. The first-order chi connectivity index (χ1) is 9.77. The Bertz CT molecular complexity index is 231. The van der Waals surface area contributed by atoms with Crippen LogP contribution in [0.3, 0.4) is 0 Å². The summed E-state index contributed by atoms with van der Waals surface area (Å²) in [6.07, 6.45) is 2.03. The van der Waals surface area contributed by atoms with Crippen LogP contribution in [0.2, 0.25) is 0 Å². The minimum absolute atomic E-state index is 0.190. The predicted molar refractivity (Wildman–Crippen MR) is 99.6 cm³/mol. The van der Waals surface area contributed by atoms with Gasteiger partial charge >= 0.3 is 0 Å². The van der Waals surface area contributed by atoms with E-state index in [4.69, 9.17) is 5.11 Å². The molecule has 0 amide bonds. The van der Waals surface area contributed by atoms with Gasteiger partial charge in [0.05, 0.1) is 0 Å². The van der Waals surface area contributed by atoms with Crippen LogP contribution in [0.25, 0.3) is 0 Å². The largest absolute Gasteiger partial charge is 0.396 e. The van der Waals surface area contributed by atoms with Crippen LogP contribution in [-0.2, 0) is 0 Å². The summed E-state index contributed by atoms with van der Waals surface area (Å²) in [5.74, 6) is 0. The topological polar surface area (TPSA) is 56.3 Å². The molecule has 0 radical (unpaired) electrons. The number of hydrogen-bond donors (Lipinski definition) is 4. The number of rotatable bonds is 7. The van der Waals surface area contributed by atoms with Crippen molar-refractivity contribution in [3.05, 3.63) is 0 Å². The number of aliphatic hydroxyl groups excluding tert-OH is 1. The third-order valence-electron chi connectivity index (χ3n) is 2.65. The van der Waals surface area contributed by atoms with Crippen molar-refractivity contribution in [1.82, 2.24) is 16.0 Å². The van der Waals surface area contributed by atoms with Crippen molar-refractivity contribution in [3.8, 4) is 0 Å². The van der Waals surface area contributed by atoms with Gasteiger partial charge in [-0.2, -0.15) is 0 Å². The minimum Gasteiger partial charge on any atom is -0.396 e. The molecule has 0 fully saturated rings. The summed E-state index contributed by atoms with van der Waals surface area (Å²) in [6, 6.07) is 0. The summed E-state index contributed by atoms with van der Waals surface area (Å²) >= 11 is 0. The number of nitrogens with one attached hydrogen (secondary N) is 3. The molecular weight excluding hydrogens is 274 g/mol. The predicted octanol–water partition coefficient (Wildman–Crippen LogP) is 2.91. The molecule has 0 aliphatic rings. The molecule has 22 heavy (non-hydrogen) atoms. The van der Waals surface area contributed by atoms with E-state index in [-0.39, 0.29) is 23.2 Å². The molecule has 0 rings (SSSR count). The highest BCUT2D eigenvalue weighted by molar-refractivity contribution is 4.73. The second-order valence-electron chi connectivity index (χ2n) is 8.96. The van der Waals surface area contributed by atoms with Crippen molar-refractivity contribution in [3.63, 3.8) is 0 Å². The molecule has 0 aromatic rings. The van der Waals surface area contributed by atoms with E-state index in [0.717, 1.165) is 26.1 Å². The molecule has 0 aliphatic carbocycles. The lowest BCUT2D eigenvalue weighted by Crippen LogP contribution is -2.40. The summed E-state index contributed by atoms with van der Waals surface area (Å²) in [5.41, 5.74) is 0.693. The van der Waals surface area contributed by atoms with Gasteiger partial charge in [-0.25, -0.2) is 0 Å². The standard InChI is InChI=1S/C11H26N2.C7H17NO/c1-10(2,3)12-8-7-9-13-11(4,5)6;1-7(2,3)8-5-4-6-9/h12-13H,7-9H2,1-6H3;8-9H,4-6H2,1-3H3. The molecule has 4 nitrogen and oxygen atoms in total. The van der Waals surface area contributed by atoms with E-state index < -0.39 is 0 Å².